The molecule has 2 fully saturated rings. The van der Waals surface area contributed by atoms with E-state index in [0.717, 1.165) is 47.7 Å². The van der Waals surface area contributed by atoms with Crippen molar-refractivity contribution in [2.75, 3.05) is 0 Å². The first-order valence-electron chi connectivity index (χ1n) is 9.71. The summed E-state index contributed by atoms with van der Waals surface area (Å²) in [6.45, 7) is 1.99. The average Bonchev–Trinajstić information content (AvgIpc) is 3.17. The molecule has 29 heavy (non-hydrogen) atoms. The molecule has 2 heterocycles. The molecular formula is C22H21BrN2O4. The standard InChI is InChI=1S/C22H21BrN2O4/c1-13-11-14(7-9-18(13)23)19-10-8-16(29-19)12-17-20(26)24-22(28)25(21(17)27)15-5-3-2-4-6-15/h7-12,15H,2-6H2,1H3,(H,24,26,28)/b17-12+. The third kappa shape index (κ3) is 3.92. The molecule has 1 saturated heterocycles. The SMILES string of the molecule is Cc1cc(-c2ccc(/C=C3\C(=O)NC(=O)N(C4CCCCC4)C3=O)o2)ccc1Br. The third-order valence-electron chi connectivity index (χ3n) is 5.43. The highest BCUT2D eigenvalue weighted by Crippen LogP contribution is 2.29. The van der Waals surface area contributed by atoms with Crippen molar-refractivity contribution in [2.45, 2.75) is 45.1 Å². The largest absolute Gasteiger partial charge is 0.457 e. The van der Waals surface area contributed by atoms with Gasteiger partial charge in [-0.25, -0.2) is 4.79 Å². The van der Waals surface area contributed by atoms with Crippen LogP contribution in [-0.4, -0.2) is 28.8 Å². The Morgan fingerprint density at radius 3 is 2.59 bits per heavy atom. The molecule has 1 aromatic carbocycles. The minimum absolute atomic E-state index is 0.0805. The maximum Gasteiger partial charge on any atom is 0.331 e. The highest BCUT2D eigenvalue weighted by molar-refractivity contribution is 9.10. The number of hydrogen-bond donors (Lipinski definition) is 1. The second-order valence-corrected chi connectivity index (χ2v) is 8.30. The molecule has 6 nitrogen and oxygen atoms in total. The summed E-state index contributed by atoms with van der Waals surface area (Å²) in [6.07, 6.45) is 6.01. The first-order chi connectivity index (χ1) is 13.9. The van der Waals surface area contributed by atoms with Crippen molar-refractivity contribution < 1.29 is 18.8 Å². The molecule has 0 radical (unpaired) electrons. The molecule has 0 unspecified atom stereocenters. The summed E-state index contributed by atoms with van der Waals surface area (Å²) in [7, 11) is 0. The number of halogens is 1. The van der Waals surface area contributed by atoms with Gasteiger partial charge in [0.2, 0.25) is 0 Å². The van der Waals surface area contributed by atoms with Crippen molar-refractivity contribution in [1.29, 1.82) is 0 Å². The smallest absolute Gasteiger partial charge is 0.331 e. The number of aryl methyl sites for hydroxylation is 1. The number of rotatable bonds is 3. The molecule has 1 N–H and O–H groups in total. The molecule has 0 atom stereocenters. The van der Waals surface area contributed by atoms with E-state index in [0.29, 0.717) is 11.5 Å². The molecule has 2 aromatic rings. The monoisotopic (exact) mass is 456 g/mol. The van der Waals surface area contributed by atoms with Crippen LogP contribution < -0.4 is 5.32 Å². The number of hydrogen-bond acceptors (Lipinski definition) is 4. The van der Waals surface area contributed by atoms with Crippen LogP contribution in [0.25, 0.3) is 17.4 Å². The molecule has 1 aliphatic carbocycles. The van der Waals surface area contributed by atoms with E-state index in [1.807, 2.05) is 25.1 Å². The van der Waals surface area contributed by atoms with Gasteiger partial charge in [-0.2, -0.15) is 0 Å². The number of amides is 4. The maximum absolute atomic E-state index is 12.9. The fourth-order valence-electron chi connectivity index (χ4n) is 3.87. The quantitative estimate of drug-likeness (QED) is 0.530. The Hall–Kier alpha value is -2.67. The van der Waals surface area contributed by atoms with Crippen molar-refractivity contribution in [1.82, 2.24) is 10.2 Å². The predicted molar refractivity (Wildman–Crippen MR) is 112 cm³/mol. The van der Waals surface area contributed by atoms with Crippen LogP contribution in [0.1, 0.15) is 43.4 Å². The van der Waals surface area contributed by atoms with E-state index in [2.05, 4.69) is 21.2 Å². The molecule has 1 aromatic heterocycles. The molecule has 1 saturated carbocycles. The lowest BCUT2D eigenvalue weighted by Crippen LogP contribution is -2.58. The van der Waals surface area contributed by atoms with Crippen molar-refractivity contribution in [3.63, 3.8) is 0 Å². The molecular weight excluding hydrogens is 436 g/mol. The molecule has 4 rings (SSSR count). The van der Waals surface area contributed by atoms with Crippen LogP contribution in [0.4, 0.5) is 4.79 Å². The molecule has 2 aliphatic rings. The van der Waals surface area contributed by atoms with Gasteiger partial charge in [0.25, 0.3) is 11.8 Å². The van der Waals surface area contributed by atoms with E-state index in [1.54, 1.807) is 12.1 Å². The molecule has 0 bridgehead atoms. The van der Waals surface area contributed by atoms with Gasteiger partial charge in [-0.15, -0.1) is 0 Å². The molecule has 7 heteroatoms. The summed E-state index contributed by atoms with van der Waals surface area (Å²) < 4.78 is 6.85. The van der Waals surface area contributed by atoms with E-state index >= 15 is 0 Å². The highest BCUT2D eigenvalue weighted by Gasteiger charge is 2.40. The highest BCUT2D eigenvalue weighted by atomic mass is 79.9. The van der Waals surface area contributed by atoms with E-state index in [-0.39, 0.29) is 11.6 Å². The molecule has 150 valence electrons. The summed E-state index contributed by atoms with van der Waals surface area (Å²) in [5.41, 5.74) is 1.89. The topological polar surface area (TPSA) is 79.6 Å². The minimum Gasteiger partial charge on any atom is -0.457 e. The van der Waals surface area contributed by atoms with Gasteiger partial charge < -0.3 is 4.42 Å². The number of barbiturate groups is 1. The first kappa shape index (κ1) is 19.6. The van der Waals surface area contributed by atoms with Crippen LogP contribution in [0, 0.1) is 6.92 Å². The fraction of sp³-hybridized carbons (Fsp3) is 0.318. The van der Waals surface area contributed by atoms with Gasteiger partial charge in [0.15, 0.2) is 0 Å². The zero-order valence-electron chi connectivity index (χ0n) is 16.0. The lowest BCUT2D eigenvalue weighted by Gasteiger charge is -2.35. The van der Waals surface area contributed by atoms with E-state index < -0.39 is 17.8 Å². The number of imide groups is 2. The van der Waals surface area contributed by atoms with Crippen LogP contribution in [0.5, 0.6) is 0 Å². The summed E-state index contributed by atoms with van der Waals surface area (Å²) in [6, 6.07) is 8.57. The Morgan fingerprint density at radius 1 is 1.10 bits per heavy atom. The van der Waals surface area contributed by atoms with Crippen molar-refractivity contribution in [3.05, 3.63) is 51.7 Å². The van der Waals surface area contributed by atoms with E-state index in [9.17, 15) is 14.4 Å². The predicted octanol–water partition coefficient (Wildman–Crippen LogP) is 4.81. The lowest BCUT2D eigenvalue weighted by atomic mass is 9.93. The van der Waals surface area contributed by atoms with Crippen molar-refractivity contribution >= 4 is 39.9 Å². The fourth-order valence-corrected chi connectivity index (χ4v) is 4.11. The number of furan rings is 1. The van der Waals surface area contributed by atoms with Gasteiger partial charge in [0.1, 0.15) is 17.1 Å². The summed E-state index contributed by atoms with van der Waals surface area (Å²) in [5, 5.41) is 2.29. The summed E-state index contributed by atoms with van der Waals surface area (Å²) in [5.74, 6) is -0.221. The second-order valence-electron chi connectivity index (χ2n) is 7.45. The minimum atomic E-state index is -0.690. The maximum atomic E-state index is 12.9. The Kier molecular flexibility index (Phi) is 5.41. The number of carbonyl (C=O) groups is 3. The number of benzene rings is 1. The van der Waals surface area contributed by atoms with Crippen LogP contribution in [0.3, 0.4) is 0 Å². The Balaban J connectivity index is 1.61. The lowest BCUT2D eigenvalue weighted by molar-refractivity contribution is -0.132. The summed E-state index contributed by atoms with van der Waals surface area (Å²) >= 11 is 3.48. The normalized spacial score (nSPS) is 19.7. The third-order valence-corrected chi connectivity index (χ3v) is 6.32. The molecule has 0 spiro atoms. The Labute approximate surface area is 177 Å². The van der Waals surface area contributed by atoms with Crippen molar-refractivity contribution in [2.24, 2.45) is 0 Å². The van der Waals surface area contributed by atoms with Crippen LogP contribution in [-0.2, 0) is 9.59 Å². The molecule has 1 aliphatic heterocycles. The number of urea groups is 1. The van der Waals surface area contributed by atoms with Gasteiger partial charge in [-0.3, -0.25) is 19.8 Å². The molecule has 4 amide bonds. The summed E-state index contributed by atoms with van der Waals surface area (Å²) in [4.78, 5) is 38.7. The van der Waals surface area contributed by atoms with Gasteiger partial charge in [0, 0.05) is 16.1 Å². The number of carbonyl (C=O) groups excluding carboxylic acids is 3. The van der Waals surface area contributed by atoms with Crippen LogP contribution in [0.15, 0.2) is 44.8 Å². The van der Waals surface area contributed by atoms with E-state index in [1.165, 1.54) is 11.0 Å². The zero-order valence-corrected chi connectivity index (χ0v) is 17.6. The Morgan fingerprint density at radius 2 is 1.86 bits per heavy atom. The van der Waals surface area contributed by atoms with Crippen molar-refractivity contribution in [3.8, 4) is 11.3 Å². The van der Waals surface area contributed by atoms with Gasteiger partial charge in [-0.05, 0) is 55.7 Å². The van der Waals surface area contributed by atoms with Gasteiger partial charge >= 0.3 is 6.03 Å². The first-order valence-corrected chi connectivity index (χ1v) is 10.5. The van der Waals surface area contributed by atoms with Gasteiger partial charge in [-0.1, -0.05) is 41.3 Å². The second kappa shape index (κ2) is 7.99. The number of nitrogens with one attached hydrogen (secondary N) is 1. The zero-order chi connectivity index (χ0) is 20.5. The Bertz CT molecular complexity index is 1020. The average molecular weight is 457 g/mol. The van der Waals surface area contributed by atoms with Crippen LogP contribution >= 0.6 is 15.9 Å². The van der Waals surface area contributed by atoms with E-state index in [4.69, 9.17) is 4.42 Å². The number of nitrogens with zero attached hydrogens (tertiary/aromatic N) is 1. The van der Waals surface area contributed by atoms with Gasteiger partial charge in [0.05, 0.1) is 0 Å². The van der Waals surface area contributed by atoms with Crippen LogP contribution in [0.2, 0.25) is 0 Å².